The highest BCUT2D eigenvalue weighted by atomic mass is 32.1. The van der Waals surface area contributed by atoms with E-state index in [4.69, 9.17) is 5.73 Å². The van der Waals surface area contributed by atoms with E-state index in [0.29, 0.717) is 12.2 Å². The number of nitrogens with two attached hydrogens (primary N) is 1. The number of carbonyl (C=O) groups is 3. The van der Waals surface area contributed by atoms with Crippen molar-refractivity contribution in [2.24, 2.45) is 5.73 Å². The molecule has 2 rings (SSSR count). The van der Waals surface area contributed by atoms with Crippen molar-refractivity contribution >= 4 is 34.7 Å². The van der Waals surface area contributed by atoms with Crippen LogP contribution in [0.4, 0.5) is 5.69 Å². The van der Waals surface area contributed by atoms with Crippen LogP contribution in [0, 0.1) is 0 Å². The van der Waals surface area contributed by atoms with Crippen LogP contribution in [-0.4, -0.2) is 17.7 Å². The van der Waals surface area contributed by atoms with E-state index in [2.05, 4.69) is 17.6 Å². The summed E-state index contributed by atoms with van der Waals surface area (Å²) in [5.41, 5.74) is 6.34. The molecule has 3 amide bonds. The minimum Gasteiger partial charge on any atom is -0.369 e. The summed E-state index contributed by atoms with van der Waals surface area (Å²) in [4.78, 5) is 36.8. The van der Waals surface area contributed by atoms with Gasteiger partial charge in [0.25, 0.3) is 0 Å². The molecule has 0 fully saturated rings. The number of anilines is 1. The molecule has 0 spiro atoms. The molecule has 0 aliphatic carbocycles. The second-order valence-corrected chi connectivity index (χ2v) is 6.45. The molecule has 0 radical (unpaired) electrons. The first-order valence-electron chi connectivity index (χ1n) is 7.52. The maximum absolute atomic E-state index is 11.9. The van der Waals surface area contributed by atoms with Crippen LogP contribution in [0.1, 0.15) is 22.2 Å². The van der Waals surface area contributed by atoms with Gasteiger partial charge in [-0.1, -0.05) is 19.1 Å². The first kappa shape index (κ1) is 17.7. The Morgan fingerprint density at radius 3 is 2.25 bits per heavy atom. The minimum absolute atomic E-state index is 0.134. The third kappa shape index (κ3) is 5.20. The van der Waals surface area contributed by atoms with Gasteiger partial charge in [0.2, 0.25) is 5.91 Å². The molecule has 4 N–H and O–H groups in total. The van der Waals surface area contributed by atoms with Gasteiger partial charge < -0.3 is 16.4 Å². The topological polar surface area (TPSA) is 101 Å². The van der Waals surface area contributed by atoms with Crippen molar-refractivity contribution in [2.45, 2.75) is 26.3 Å². The van der Waals surface area contributed by atoms with E-state index in [9.17, 15) is 14.4 Å². The Hall–Kier alpha value is -2.67. The molecule has 2 aromatic rings. The second-order valence-electron chi connectivity index (χ2n) is 5.20. The fraction of sp³-hybridized carbons (Fsp3) is 0.235. The van der Waals surface area contributed by atoms with Crippen molar-refractivity contribution in [3.8, 4) is 0 Å². The van der Waals surface area contributed by atoms with Gasteiger partial charge in [-0.05, 0) is 36.2 Å². The molecule has 1 aromatic carbocycles. The molecule has 0 saturated heterocycles. The zero-order chi connectivity index (χ0) is 17.5. The molecule has 0 aliphatic heterocycles. The highest BCUT2D eigenvalue weighted by Crippen LogP contribution is 2.16. The number of rotatable bonds is 6. The first-order chi connectivity index (χ1) is 11.5. The summed E-state index contributed by atoms with van der Waals surface area (Å²) in [6, 6.07) is 10.6. The predicted molar refractivity (Wildman–Crippen MR) is 93.5 cm³/mol. The largest absolute Gasteiger partial charge is 0.369 e. The number of benzene rings is 1. The lowest BCUT2D eigenvalue weighted by Gasteiger charge is -2.06. The van der Waals surface area contributed by atoms with E-state index in [1.807, 2.05) is 12.1 Å². The lowest BCUT2D eigenvalue weighted by Crippen LogP contribution is -2.34. The van der Waals surface area contributed by atoms with Gasteiger partial charge in [0, 0.05) is 15.4 Å². The second kappa shape index (κ2) is 8.26. The summed E-state index contributed by atoms with van der Waals surface area (Å²) in [5, 5.41) is 5.10. The predicted octanol–water partition coefficient (Wildman–Crippen LogP) is 1.59. The molecule has 0 saturated carbocycles. The van der Waals surface area contributed by atoms with Crippen LogP contribution in [0.5, 0.6) is 0 Å². The quantitative estimate of drug-likeness (QED) is 0.693. The Morgan fingerprint density at radius 1 is 1.00 bits per heavy atom. The third-order valence-corrected chi connectivity index (χ3v) is 4.51. The zero-order valence-electron chi connectivity index (χ0n) is 13.3. The van der Waals surface area contributed by atoms with E-state index >= 15 is 0 Å². The standard InChI is InChI=1S/C17H19N3O3S/c1-2-13-7-8-14(24-13)10-19-16(22)17(23)20-12-5-3-11(4-6-12)9-15(18)21/h3-8H,2,9-10H2,1H3,(H2,18,21)(H,19,22)(H,20,23). The first-order valence-corrected chi connectivity index (χ1v) is 8.33. The molecule has 126 valence electrons. The van der Waals surface area contributed by atoms with Crippen LogP contribution in [0.15, 0.2) is 36.4 Å². The van der Waals surface area contributed by atoms with Crippen LogP contribution >= 0.6 is 11.3 Å². The lowest BCUT2D eigenvalue weighted by molar-refractivity contribution is -0.136. The summed E-state index contributed by atoms with van der Waals surface area (Å²) in [6.07, 6.45) is 1.08. The molecular formula is C17H19N3O3S. The van der Waals surface area contributed by atoms with E-state index in [-0.39, 0.29) is 6.42 Å². The van der Waals surface area contributed by atoms with Gasteiger partial charge >= 0.3 is 11.8 Å². The van der Waals surface area contributed by atoms with E-state index in [1.165, 1.54) is 4.88 Å². The molecule has 24 heavy (non-hydrogen) atoms. The molecule has 0 bridgehead atoms. The van der Waals surface area contributed by atoms with Crippen LogP contribution < -0.4 is 16.4 Å². The summed E-state index contributed by atoms with van der Waals surface area (Å²) in [6.45, 7) is 2.39. The summed E-state index contributed by atoms with van der Waals surface area (Å²) < 4.78 is 0. The van der Waals surface area contributed by atoms with Crippen LogP contribution in [-0.2, 0) is 33.8 Å². The smallest absolute Gasteiger partial charge is 0.313 e. The van der Waals surface area contributed by atoms with Gasteiger partial charge in [0.1, 0.15) is 0 Å². The van der Waals surface area contributed by atoms with Crippen molar-refractivity contribution in [1.29, 1.82) is 0 Å². The Balaban J connectivity index is 1.84. The average Bonchev–Trinajstić information content (AvgIpc) is 3.02. The molecular weight excluding hydrogens is 326 g/mol. The molecule has 1 aromatic heterocycles. The normalized spacial score (nSPS) is 10.2. The molecule has 0 aliphatic rings. The Labute approximate surface area is 144 Å². The lowest BCUT2D eigenvalue weighted by atomic mass is 10.1. The highest BCUT2D eigenvalue weighted by Gasteiger charge is 2.13. The number of nitrogens with one attached hydrogen (secondary N) is 2. The zero-order valence-corrected chi connectivity index (χ0v) is 14.1. The fourth-order valence-corrected chi connectivity index (χ4v) is 2.95. The average molecular weight is 345 g/mol. The van der Waals surface area contributed by atoms with Gasteiger partial charge in [0.05, 0.1) is 13.0 Å². The fourth-order valence-electron chi connectivity index (χ4n) is 2.05. The van der Waals surface area contributed by atoms with E-state index < -0.39 is 17.7 Å². The van der Waals surface area contributed by atoms with Crippen LogP contribution in [0.25, 0.3) is 0 Å². The summed E-state index contributed by atoms with van der Waals surface area (Å²) in [7, 11) is 0. The van der Waals surface area contributed by atoms with Gasteiger partial charge in [-0.15, -0.1) is 11.3 Å². The summed E-state index contributed by atoms with van der Waals surface area (Å²) >= 11 is 1.61. The van der Waals surface area contributed by atoms with E-state index in [1.54, 1.807) is 35.6 Å². The Bertz CT molecular complexity index is 738. The maximum atomic E-state index is 11.9. The van der Waals surface area contributed by atoms with Crippen molar-refractivity contribution in [3.63, 3.8) is 0 Å². The van der Waals surface area contributed by atoms with Crippen molar-refractivity contribution < 1.29 is 14.4 Å². The number of amides is 3. The van der Waals surface area contributed by atoms with Crippen molar-refractivity contribution in [2.75, 3.05) is 5.32 Å². The van der Waals surface area contributed by atoms with Crippen molar-refractivity contribution in [1.82, 2.24) is 5.32 Å². The van der Waals surface area contributed by atoms with Crippen LogP contribution in [0.3, 0.4) is 0 Å². The SMILES string of the molecule is CCc1ccc(CNC(=O)C(=O)Nc2ccc(CC(N)=O)cc2)s1. The molecule has 7 heteroatoms. The number of hydrogen-bond donors (Lipinski definition) is 3. The highest BCUT2D eigenvalue weighted by molar-refractivity contribution is 7.11. The maximum Gasteiger partial charge on any atom is 0.313 e. The Kier molecular flexibility index (Phi) is 6.08. The minimum atomic E-state index is -0.732. The molecule has 0 atom stereocenters. The third-order valence-electron chi connectivity index (χ3n) is 3.29. The number of hydrogen-bond acceptors (Lipinski definition) is 4. The Morgan fingerprint density at radius 2 is 1.67 bits per heavy atom. The molecule has 1 heterocycles. The van der Waals surface area contributed by atoms with Crippen molar-refractivity contribution in [3.05, 3.63) is 51.7 Å². The van der Waals surface area contributed by atoms with E-state index in [0.717, 1.165) is 16.9 Å². The number of aryl methyl sites for hydroxylation is 1. The number of carbonyl (C=O) groups excluding carboxylic acids is 3. The van der Waals surface area contributed by atoms with Crippen LogP contribution in [0.2, 0.25) is 0 Å². The number of primary amides is 1. The number of thiophene rings is 1. The molecule has 6 nitrogen and oxygen atoms in total. The van der Waals surface area contributed by atoms with Gasteiger partial charge in [-0.3, -0.25) is 14.4 Å². The monoisotopic (exact) mass is 345 g/mol. The van der Waals surface area contributed by atoms with Gasteiger partial charge in [0.15, 0.2) is 0 Å². The van der Waals surface area contributed by atoms with Gasteiger partial charge in [-0.2, -0.15) is 0 Å². The molecule has 0 unspecified atom stereocenters. The van der Waals surface area contributed by atoms with Gasteiger partial charge in [-0.25, -0.2) is 0 Å². The summed E-state index contributed by atoms with van der Waals surface area (Å²) in [5.74, 6) is -1.85.